The van der Waals surface area contributed by atoms with Crippen LogP contribution in [0.3, 0.4) is 0 Å². The minimum Gasteiger partial charge on any atom is -0.494 e. The van der Waals surface area contributed by atoms with Crippen LogP contribution in [0.1, 0.15) is 164 Å². The van der Waals surface area contributed by atoms with Gasteiger partial charge in [0.05, 0.1) is 23.7 Å². The molecule has 0 aliphatic rings. The second kappa shape index (κ2) is 26.5. The first-order valence-electron chi connectivity index (χ1n) is 20.2. The number of esters is 1. The van der Waals surface area contributed by atoms with Crippen LogP contribution in [0.4, 0.5) is 0 Å². The highest BCUT2D eigenvalue weighted by atomic mass is 32.3. The second-order valence-corrected chi connectivity index (χ2v) is 16.4. The molecule has 3 aromatic rings. The van der Waals surface area contributed by atoms with Crippen LogP contribution in [-0.2, 0) is 4.18 Å². The van der Waals surface area contributed by atoms with Crippen molar-refractivity contribution in [2.24, 2.45) is 0 Å². The lowest BCUT2D eigenvalue weighted by Crippen LogP contribution is -2.08. The molecule has 3 aromatic carbocycles. The van der Waals surface area contributed by atoms with Crippen LogP contribution in [0.15, 0.2) is 77.7 Å². The van der Waals surface area contributed by atoms with E-state index in [0.717, 1.165) is 41.0 Å². The topological polar surface area (TPSA) is 65.0 Å². The van der Waals surface area contributed by atoms with Crippen molar-refractivity contribution in [2.45, 2.75) is 147 Å². The minimum atomic E-state index is -2.30. The number of carbonyl (C=O) groups is 1. The highest BCUT2D eigenvalue weighted by Crippen LogP contribution is 2.49. The number of benzene rings is 3. The monoisotopic (exact) mass is 730 g/mol. The number of hydrogen-bond acceptors (Lipinski definition) is 5. The summed E-state index contributed by atoms with van der Waals surface area (Å²) in [5, 5.41) is 0. The predicted molar refractivity (Wildman–Crippen MR) is 220 cm³/mol. The number of unbranched alkanes of at least 4 members (excludes halogenated alkanes) is 18. The normalized spacial score (nSPS) is 12.8. The first kappa shape index (κ1) is 43.2. The summed E-state index contributed by atoms with van der Waals surface area (Å²) >= 11 is 0. The predicted octanol–water partition coefficient (Wildman–Crippen LogP) is 13.7. The van der Waals surface area contributed by atoms with E-state index in [9.17, 15) is 9.35 Å². The third kappa shape index (κ3) is 18.5. The zero-order valence-corrected chi connectivity index (χ0v) is 33.3. The van der Waals surface area contributed by atoms with E-state index < -0.39 is 16.6 Å². The van der Waals surface area contributed by atoms with Crippen molar-refractivity contribution in [3.8, 4) is 23.3 Å². The van der Waals surface area contributed by atoms with Crippen LogP contribution in [-0.4, -0.2) is 30.0 Å². The fourth-order valence-electron chi connectivity index (χ4n) is 6.05. The van der Waals surface area contributed by atoms with Gasteiger partial charge in [-0.15, -0.1) is 0 Å². The molecule has 0 fully saturated rings. The maximum absolute atomic E-state index is 12.7. The Morgan fingerprint density at radius 2 is 0.942 bits per heavy atom. The third-order valence-electron chi connectivity index (χ3n) is 9.38. The summed E-state index contributed by atoms with van der Waals surface area (Å²) < 4.78 is 28.4. The number of rotatable bonds is 27. The van der Waals surface area contributed by atoms with Crippen molar-refractivity contribution in [2.75, 3.05) is 19.5 Å². The molecule has 1 unspecified atom stereocenters. The van der Waals surface area contributed by atoms with E-state index >= 15 is 0 Å². The molecule has 0 heterocycles. The van der Waals surface area contributed by atoms with Gasteiger partial charge in [-0.2, -0.15) is 10.6 Å². The molecule has 0 aromatic heterocycles. The zero-order chi connectivity index (χ0) is 37.1. The van der Waals surface area contributed by atoms with Crippen molar-refractivity contribution in [3.05, 3.63) is 89.5 Å². The Morgan fingerprint density at radius 3 is 1.42 bits per heavy atom. The summed E-state index contributed by atoms with van der Waals surface area (Å²) in [6, 6.07) is 21.9. The Balaban J connectivity index is 1.32. The number of ether oxygens (including phenoxy) is 2. The van der Waals surface area contributed by atoms with E-state index in [-0.39, 0.29) is 0 Å². The van der Waals surface area contributed by atoms with Crippen molar-refractivity contribution >= 4 is 16.6 Å². The molecule has 0 spiro atoms. The SMILES string of the molecule is CCCCCCCCCCCCOc1ccc(C(=O)Oc2ccc(C#Cc3ccc(S(C)(O)OCCCCCCCCCCCC)cc3)cc2)cc1. The van der Waals surface area contributed by atoms with Crippen LogP contribution in [0.2, 0.25) is 0 Å². The molecular weight excluding hydrogens is 665 g/mol. The highest BCUT2D eigenvalue weighted by molar-refractivity contribution is 8.24. The maximum atomic E-state index is 12.7. The number of carbonyl (C=O) groups excluding carboxylic acids is 1. The zero-order valence-electron chi connectivity index (χ0n) is 32.5. The lowest BCUT2D eigenvalue weighted by molar-refractivity contribution is 0.0734. The summed E-state index contributed by atoms with van der Waals surface area (Å²) in [6.45, 7) is 5.79. The fraction of sp³-hybridized carbons (Fsp3) is 0.543. The van der Waals surface area contributed by atoms with Crippen LogP contribution < -0.4 is 9.47 Å². The molecule has 0 aliphatic carbocycles. The van der Waals surface area contributed by atoms with Crippen molar-refractivity contribution in [1.29, 1.82) is 0 Å². The molecule has 3 rings (SSSR count). The van der Waals surface area contributed by atoms with Gasteiger partial charge in [0.25, 0.3) is 0 Å². The van der Waals surface area contributed by atoms with Gasteiger partial charge in [0.2, 0.25) is 0 Å². The Morgan fingerprint density at radius 1 is 0.538 bits per heavy atom. The van der Waals surface area contributed by atoms with E-state index in [1.54, 1.807) is 30.5 Å². The lowest BCUT2D eigenvalue weighted by Gasteiger charge is -2.34. The third-order valence-corrected chi connectivity index (χ3v) is 11.1. The molecule has 1 atom stereocenters. The molecule has 0 amide bonds. The Hall–Kier alpha value is -3.24. The van der Waals surface area contributed by atoms with E-state index in [0.29, 0.717) is 24.5 Å². The van der Waals surface area contributed by atoms with Crippen molar-refractivity contribution in [3.63, 3.8) is 0 Å². The maximum Gasteiger partial charge on any atom is 0.343 e. The fourth-order valence-corrected chi connectivity index (χ4v) is 7.27. The molecule has 0 saturated heterocycles. The molecule has 286 valence electrons. The Kier molecular flexibility index (Phi) is 22.0. The van der Waals surface area contributed by atoms with E-state index in [1.807, 2.05) is 48.5 Å². The van der Waals surface area contributed by atoms with Gasteiger partial charge in [-0.25, -0.2) is 4.79 Å². The van der Waals surface area contributed by atoms with E-state index in [4.69, 9.17) is 13.7 Å². The Bertz CT molecular complexity index is 1420. The standard InChI is InChI=1S/C46H66O5S/c1-4-6-8-10-12-14-16-18-20-22-38-49-43-34-30-42(31-35-43)46(47)51-44-32-26-40(27-33-44)24-25-41-28-36-45(37-29-41)52(3,48)50-39-23-21-19-17-15-13-11-9-7-5-2/h26-37,48H,4-23,38-39H2,1-3H3. The second-order valence-electron chi connectivity index (χ2n) is 14.0. The van der Waals surface area contributed by atoms with Gasteiger partial charge in [0.15, 0.2) is 0 Å². The quantitative estimate of drug-likeness (QED) is 0.0366. The molecule has 0 saturated carbocycles. The van der Waals surface area contributed by atoms with Gasteiger partial charge >= 0.3 is 5.97 Å². The molecule has 0 bridgehead atoms. The van der Waals surface area contributed by atoms with Gasteiger partial charge in [0, 0.05) is 17.4 Å². The molecule has 1 N–H and O–H groups in total. The summed E-state index contributed by atoms with van der Waals surface area (Å²) in [7, 11) is -2.30. The lowest BCUT2D eigenvalue weighted by atomic mass is 10.1. The first-order chi connectivity index (χ1) is 25.4. The van der Waals surface area contributed by atoms with Gasteiger partial charge in [0.1, 0.15) is 11.5 Å². The van der Waals surface area contributed by atoms with Gasteiger partial charge in [-0.1, -0.05) is 141 Å². The van der Waals surface area contributed by atoms with Gasteiger partial charge in [-0.3, -0.25) is 8.74 Å². The van der Waals surface area contributed by atoms with Gasteiger partial charge in [-0.05, 0) is 85.6 Å². The van der Waals surface area contributed by atoms with Crippen molar-refractivity contribution < 1.29 is 23.0 Å². The molecular formula is C46H66O5S. The molecule has 6 heteroatoms. The number of hydrogen-bond donors (Lipinski definition) is 1. The van der Waals surface area contributed by atoms with Gasteiger partial charge < -0.3 is 9.47 Å². The van der Waals surface area contributed by atoms with E-state index in [2.05, 4.69) is 25.7 Å². The van der Waals surface area contributed by atoms with Crippen LogP contribution in [0, 0.1) is 11.8 Å². The molecule has 0 aliphatic heterocycles. The molecule has 5 nitrogen and oxygen atoms in total. The summed E-state index contributed by atoms with van der Waals surface area (Å²) in [6.07, 6.45) is 27.5. The minimum absolute atomic E-state index is 0.411. The average Bonchev–Trinajstić information content (AvgIpc) is 3.16. The van der Waals surface area contributed by atoms with Crippen molar-refractivity contribution in [1.82, 2.24) is 0 Å². The van der Waals surface area contributed by atoms with Crippen LogP contribution >= 0.6 is 10.6 Å². The molecule has 0 radical (unpaired) electrons. The molecule has 52 heavy (non-hydrogen) atoms. The highest BCUT2D eigenvalue weighted by Gasteiger charge is 2.14. The Labute approximate surface area is 318 Å². The van der Waals surface area contributed by atoms with Crippen LogP contribution in [0.5, 0.6) is 11.5 Å². The first-order valence-corrected chi connectivity index (χ1v) is 22.2. The summed E-state index contributed by atoms with van der Waals surface area (Å²) in [5.41, 5.74) is 2.13. The van der Waals surface area contributed by atoms with E-state index in [1.165, 1.54) is 109 Å². The average molecular weight is 731 g/mol. The summed E-state index contributed by atoms with van der Waals surface area (Å²) in [4.78, 5) is 13.5. The smallest absolute Gasteiger partial charge is 0.343 e. The summed E-state index contributed by atoms with van der Waals surface area (Å²) in [5.74, 6) is 7.16. The largest absolute Gasteiger partial charge is 0.494 e. The van der Waals surface area contributed by atoms with Crippen LogP contribution in [0.25, 0.3) is 0 Å².